The highest BCUT2D eigenvalue weighted by atomic mass is 16.7. The minimum atomic E-state index is 0.0684. The fourth-order valence-electron chi connectivity index (χ4n) is 3.65. The van der Waals surface area contributed by atoms with Crippen molar-refractivity contribution in [2.45, 2.75) is 25.8 Å². The highest BCUT2D eigenvalue weighted by Gasteiger charge is 2.27. The minimum Gasteiger partial charge on any atom is -0.454 e. The second kappa shape index (κ2) is 7.27. The van der Waals surface area contributed by atoms with Gasteiger partial charge in [0.2, 0.25) is 6.79 Å². The minimum absolute atomic E-state index is 0.0684. The molecule has 1 atom stereocenters. The highest BCUT2D eigenvalue weighted by Crippen LogP contribution is 2.33. The Kier molecular flexibility index (Phi) is 4.70. The zero-order chi connectivity index (χ0) is 17.1. The van der Waals surface area contributed by atoms with Crippen LogP contribution in [0.15, 0.2) is 36.7 Å². The van der Waals surface area contributed by atoms with Gasteiger partial charge in [-0.2, -0.15) is 5.10 Å². The fourth-order valence-corrected chi connectivity index (χ4v) is 3.65. The van der Waals surface area contributed by atoms with Crippen LogP contribution in [0.2, 0.25) is 0 Å². The SMILES string of the molecule is O=C(c1ccc2c(c1)OCO2)C1CCCN(CCCn2cccn2)C1. The Bertz CT molecular complexity index is 730. The molecule has 0 radical (unpaired) electrons. The second-order valence-electron chi connectivity index (χ2n) is 6.69. The van der Waals surface area contributed by atoms with Crippen LogP contribution in [-0.2, 0) is 6.54 Å². The first-order valence-corrected chi connectivity index (χ1v) is 8.93. The number of carbonyl (C=O) groups is 1. The van der Waals surface area contributed by atoms with Gasteiger partial charge in [0.15, 0.2) is 17.3 Å². The molecule has 3 heterocycles. The van der Waals surface area contributed by atoms with Gasteiger partial charge in [-0.3, -0.25) is 9.48 Å². The van der Waals surface area contributed by atoms with Crippen LogP contribution in [0.3, 0.4) is 0 Å². The highest BCUT2D eigenvalue weighted by molar-refractivity contribution is 5.98. The van der Waals surface area contributed by atoms with Crippen LogP contribution in [0.25, 0.3) is 0 Å². The van der Waals surface area contributed by atoms with E-state index in [9.17, 15) is 4.79 Å². The lowest BCUT2D eigenvalue weighted by Crippen LogP contribution is -2.39. The largest absolute Gasteiger partial charge is 0.454 e. The molecule has 0 N–H and O–H groups in total. The van der Waals surface area contributed by atoms with Crippen molar-refractivity contribution in [2.24, 2.45) is 5.92 Å². The number of aromatic nitrogens is 2. The molecule has 0 aliphatic carbocycles. The van der Waals surface area contributed by atoms with Crippen molar-refractivity contribution in [2.75, 3.05) is 26.4 Å². The number of ketones is 1. The second-order valence-corrected chi connectivity index (χ2v) is 6.69. The molecule has 6 nitrogen and oxygen atoms in total. The molecule has 0 amide bonds. The van der Waals surface area contributed by atoms with E-state index in [2.05, 4.69) is 10.00 Å². The van der Waals surface area contributed by atoms with E-state index in [0.29, 0.717) is 5.75 Å². The standard InChI is InChI=1S/C19H23N3O3/c23-19(15-5-6-17-18(12-15)25-14-24-17)16-4-1-8-21(13-16)9-3-11-22-10-2-7-20-22/h2,5-7,10,12,16H,1,3-4,8-9,11,13-14H2. The quantitative estimate of drug-likeness (QED) is 0.756. The summed E-state index contributed by atoms with van der Waals surface area (Å²) in [5, 5.41) is 4.23. The van der Waals surface area contributed by atoms with E-state index >= 15 is 0 Å². The molecular weight excluding hydrogens is 318 g/mol. The summed E-state index contributed by atoms with van der Waals surface area (Å²) in [4.78, 5) is 15.3. The summed E-state index contributed by atoms with van der Waals surface area (Å²) >= 11 is 0. The molecule has 1 fully saturated rings. The lowest BCUT2D eigenvalue weighted by Gasteiger charge is -2.32. The van der Waals surface area contributed by atoms with Gasteiger partial charge in [0.25, 0.3) is 0 Å². The van der Waals surface area contributed by atoms with Crippen molar-refractivity contribution in [1.82, 2.24) is 14.7 Å². The van der Waals surface area contributed by atoms with Gasteiger partial charge < -0.3 is 14.4 Å². The van der Waals surface area contributed by atoms with Gasteiger partial charge in [-0.05, 0) is 56.6 Å². The molecule has 2 aromatic rings. The van der Waals surface area contributed by atoms with Crippen LogP contribution >= 0.6 is 0 Å². The molecule has 1 aromatic heterocycles. The molecule has 1 saturated heterocycles. The van der Waals surface area contributed by atoms with E-state index < -0.39 is 0 Å². The third-order valence-corrected chi connectivity index (χ3v) is 4.95. The number of rotatable bonds is 6. The first kappa shape index (κ1) is 16.1. The topological polar surface area (TPSA) is 56.6 Å². The fraction of sp³-hybridized carbons (Fsp3) is 0.474. The number of carbonyl (C=O) groups excluding carboxylic acids is 1. The van der Waals surface area contributed by atoms with Gasteiger partial charge in [0, 0.05) is 37.0 Å². The van der Waals surface area contributed by atoms with Gasteiger partial charge >= 0.3 is 0 Å². The summed E-state index contributed by atoms with van der Waals surface area (Å²) in [6.07, 6.45) is 6.88. The zero-order valence-electron chi connectivity index (χ0n) is 14.3. The molecule has 132 valence electrons. The summed E-state index contributed by atoms with van der Waals surface area (Å²) in [5.41, 5.74) is 0.729. The number of hydrogen-bond donors (Lipinski definition) is 0. The Labute approximate surface area is 147 Å². The summed E-state index contributed by atoms with van der Waals surface area (Å²) in [5.74, 6) is 1.69. The predicted molar refractivity (Wildman–Crippen MR) is 92.9 cm³/mol. The van der Waals surface area contributed by atoms with Crippen molar-refractivity contribution in [3.63, 3.8) is 0 Å². The number of fused-ring (bicyclic) bond motifs is 1. The summed E-state index contributed by atoms with van der Waals surface area (Å²) in [7, 11) is 0. The molecule has 25 heavy (non-hydrogen) atoms. The van der Waals surface area contributed by atoms with Gasteiger partial charge in [-0.15, -0.1) is 0 Å². The smallest absolute Gasteiger partial charge is 0.231 e. The molecule has 0 saturated carbocycles. The number of piperidine rings is 1. The third-order valence-electron chi connectivity index (χ3n) is 4.95. The Morgan fingerprint density at radius 3 is 3.04 bits per heavy atom. The summed E-state index contributed by atoms with van der Waals surface area (Å²) < 4.78 is 12.7. The average molecular weight is 341 g/mol. The number of nitrogens with zero attached hydrogens (tertiary/aromatic N) is 3. The lowest BCUT2D eigenvalue weighted by atomic mass is 9.90. The zero-order valence-corrected chi connectivity index (χ0v) is 14.3. The van der Waals surface area contributed by atoms with Crippen LogP contribution in [0.5, 0.6) is 11.5 Å². The van der Waals surface area contributed by atoms with Crippen LogP contribution in [0.4, 0.5) is 0 Å². The van der Waals surface area contributed by atoms with E-state index in [0.717, 1.165) is 56.8 Å². The molecule has 0 bridgehead atoms. The number of hydrogen-bond acceptors (Lipinski definition) is 5. The molecule has 1 unspecified atom stereocenters. The summed E-state index contributed by atoms with van der Waals surface area (Å²) in [6, 6.07) is 7.45. The maximum Gasteiger partial charge on any atom is 0.231 e. The van der Waals surface area contributed by atoms with Crippen molar-refractivity contribution in [1.29, 1.82) is 0 Å². The van der Waals surface area contributed by atoms with E-state index in [-0.39, 0.29) is 18.5 Å². The lowest BCUT2D eigenvalue weighted by molar-refractivity contribution is 0.0816. The van der Waals surface area contributed by atoms with E-state index in [1.807, 2.05) is 35.1 Å². The van der Waals surface area contributed by atoms with Crippen LogP contribution in [0, 0.1) is 5.92 Å². The molecule has 6 heteroatoms. The predicted octanol–water partition coefficient (Wildman–Crippen LogP) is 2.60. The molecule has 4 rings (SSSR count). The summed E-state index contributed by atoms with van der Waals surface area (Å²) in [6.45, 7) is 4.08. The van der Waals surface area contributed by atoms with Crippen molar-refractivity contribution < 1.29 is 14.3 Å². The van der Waals surface area contributed by atoms with E-state index in [1.165, 1.54) is 0 Å². The molecule has 1 aromatic carbocycles. The van der Waals surface area contributed by atoms with Crippen LogP contribution in [0.1, 0.15) is 29.6 Å². The van der Waals surface area contributed by atoms with Crippen molar-refractivity contribution >= 4 is 5.78 Å². The molecular formula is C19H23N3O3. The number of likely N-dealkylation sites (tertiary alicyclic amines) is 1. The van der Waals surface area contributed by atoms with Gasteiger partial charge in [-0.1, -0.05) is 0 Å². The van der Waals surface area contributed by atoms with Gasteiger partial charge in [0.1, 0.15) is 0 Å². The Morgan fingerprint density at radius 1 is 1.24 bits per heavy atom. The number of aryl methyl sites for hydroxylation is 1. The Morgan fingerprint density at radius 2 is 2.16 bits per heavy atom. The van der Waals surface area contributed by atoms with Gasteiger partial charge in [0.05, 0.1) is 0 Å². The maximum absolute atomic E-state index is 12.9. The van der Waals surface area contributed by atoms with Gasteiger partial charge in [-0.25, -0.2) is 0 Å². The van der Waals surface area contributed by atoms with Crippen LogP contribution < -0.4 is 9.47 Å². The third kappa shape index (κ3) is 3.69. The number of Topliss-reactive ketones (excluding diaryl/α,β-unsaturated/α-hetero) is 1. The van der Waals surface area contributed by atoms with E-state index in [4.69, 9.17) is 9.47 Å². The first-order valence-electron chi connectivity index (χ1n) is 8.93. The van der Waals surface area contributed by atoms with Crippen molar-refractivity contribution in [3.8, 4) is 11.5 Å². The molecule has 2 aliphatic heterocycles. The number of ether oxygens (including phenoxy) is 2. The molecule has 0 spiro atoms. The average Bonchev–Trinajstić information content (AvgIpc) is 3.32. The van der Waals surface area contributed by atoms with Crippen LogP contribution in [-0.4, -0.2) is 46.9 Å². The number of benzene rings is 1. The first-order chi connectivity index (χ1) is 12.3. The Hall–Kier alpha value is -2.34. The maximum atomic E-state index is 12.9. The van der Waals surface area contributed by atoms with Crippen molar-refractivity contribution in [3.05, 3.63) is 42.2 Å². The van der Waals surface area contributed by atoms with E-state index in [1.54, 1.807) is 6.20 Å². The monoisotopic (exact) mass is 341 g/mol. The molecule has 2 aliphatic rings. The Balaban J connectivity index is 1.33. The normalized spacial score (nSPS) is 19.9.